The molecule has 150 valence electrons. The molecule has 0 saturated carbocycles. The molecule has 6 heteroatoms. The molecule has 0 spiro atoms. The van der Waals surface area contributed by atoms with Crippen LogP contribution in [-0.2, 0) is 0 Å². The van der Waals surface area contributed by atoms with Crippen LogP contribution in [0.3, 0.4) is 0 Å². The van der Waals surface area contributed by atoms with E-state index >= 15 is 0 Å². The molecule has 6 nitrogen and oxygen atoms in total. The third kappa shape index (κ3) is 5.09. The molecule has 1 unspecified atom stereocenters. The van der Waals surface area contributed by atoms with Crippen LogP contribution in [0.2, 0.25) is 0 Å². The average Bonchev–Trinajstić information content (AvgIpc) is 3.21. The van der Waals surface area contributed by atoms with Gasteiger partial charge in [0.25, 0.3) is 0 Å². The number of benzene rings is 2. The zero-order chi connectivity index (χ0) is 19.8. The minimum Gasteiger partial charge on any atom is -0.493 e. The lowest BCUT2D eigenvalue weighted by molar-refractivity contribution is 0.311. The third-order valence-corrected chi connectivity index (χ3v) is 4.92. The van der Waals surface area contributed by atoms with Crippen molar-refractivity contribution >= 4 is 17.3 Å². The number of aliphatic imine (C=N–C) groups is 1. The lowest BCUT2D eigenvalue weighted by Gasteiger charge is -2.19. The van der Waals surface area contributed by atoms with Crippen LogP contribution in [0.4, 0.5) is 11.4 Å². The highest BCUT2D eigenvalue weighted by Gasteiger charge is 2.22. The van der Waals surface area contributed by atoms with Gasteiger partial charge in [-0.05, 0) is 43.5 Å². The molecule has 0 aliphatic carbocycles. The summed E-state index contributed by atoms with van der Waals surface area (Å²) in [5, 5.41) is 6.79. The monoisotopic (exact) mass is 382 g/mol. The average molecular weight is 383 g/mol. The number of methoxy groups -OCH3 is 1. The summed E-state index contributed by atoms with van der Waals surface area (Å²) in [7, 11) is 3.43. The first kappa shape index (κ1) is 19.9. The molecule has 1 aliphatic heterocycles. The van der Waals surface area contributed by atoms with E-state index in [1.54, 1.807) is 14.2 Å². The van der Waals surface area contributed by atoms with Crippen molar-refractivity contribution in [1.82, 2.24) is 5.32 Å². The largest absolute Gasteiger partial charge is 0.493 e. The molecular formula is C22H30N4O2. The van der Waals surface area contributed by atoms with E-state index < -0.39 is 0 Å². The number of para-hydroxylation sites is 1. The molecule has 1 saturated heterocycles. The summed E-state index contributed by atoms with van der Waals surface area (Å²) < 4.78 is 11.0. The van der Waals surface area contributed by atoms with Crippen LogP contribution in [0.15, 0.2) is 53.5 Å². The standard InChI is InChI=1S/C22H30N4O2/c1-4-28-21-14-18(10-11-20(21)27-3)25-22(23-2)24-15-17-12-13-26(16-17)19-8-6-5-7-9-19/h5-11,14,17H,4,12-13,15-16H2,1-3H3,(H2,23,24,25). The zero-order valence-electron chi connectivity index (χ0n) is 16.9. The number of nitrogens with zero attached hydrogens (tertiary/aromatic N) is 2. The number of rotatable bonds is 7. The summed E-state index contributed by atoms with van der Waals surface area (Å²) in [6.45, 7) is 5.59. The van der Waals surface area contributed by atoms with Crippen molar-refractivity contribution in [3.8, 4) is 11.5 Å². The Morgan fingerprint density at radius 2 is 2.00 bits per heavy atom. The highest BCUT2D eigenvalue weighted by Crippen LogP contribution is 2.30. The highest BCUT2D eigenvalue weighted by atomic mass is 16.5. The molecule has 1 fully saturated rings. The van der Waals surface area contributed by atoms with Gasteiger partial charge >= 0.3 is 0 Å². The van der Waals surface area contributed by atoms with Gasteiger partial charge in [-0.1, -0.05) is 18.2 Å². The van der Waals surface area contributed by atoms with Gasteiger partial charge in [-0.15, -0.1) is 0 Å². The number of guanidine groups is 1. The first-order chi connectivity index (χ1) is 13.7. The molecule has 3 rings (SSSR count). The van der Waals surface area contributed by atoms with Gasteiger partial charge in [0.15, 0.2) is 17.5 Å². The van der Waals surface area contributed by atoms with Crippen molar-refractivity contribution in [1.29, 1.82) is 0 Å². The summed E-state index contributed by atoms with van der Waals surface area (Å²) in [5.74, 6) is 2.79. The molecule has 2 aromatic carbocycles. The Kier molecular flexibility index (Phi) is 7.00. The van der Waals surface area contributed by atoms with Gasteiger partial charge in [-0.3, -0.25) is 4.99 Å². The van der Waals surface area contributed by atoms with Crippen molar-refractivity contribution in [2.24, 2.45) is 10.9 Å². The third-order valence-electron chi connectivity index (χ3n) is 4.92. The molecular weight excluding hydrogens is 352 g/mol. The number of anilines is 2. The molecule has 1 aliphatic rings. The predicted molar refractivity (Wildman–Crippen MR) is 116 cm³/mol. The summed E-state index contributed by atoms with van der Waals surface area (Å²) in [6, 6.07) is 16.4. The summed E-state index contributed by atoms with van der Waals surface area (Å²) >= 11 is 0. The van der Waals surface area contributed by atoms with Crippen LogP contribution in [0, 0.1) is 5.92 Å². The molecule has 1 heterocycles. The Morgan fingerprint density at radius 1 is 1.18 bits per heavy atom. The molecule has 2 N–H and O–H groups in total. The highest BCUT2D eigenvalue weighted by molar-refractivity contribution is 5.93. The van der Waals surface area contributed by atoms with Crippen LogP contribution < -0.4 is 25.0 Å². The van der Waals surface area contributed by atoms with Gasteiger partial charge in [-0.25, -0.2) is 0 Å². The number of nitrogens with one attached hydrogen (secondary N) is 2. The Bertz CT molecular complexity index is 779. The summed E-state index contributed by atoms with van der Waals surface area (Å²) in [4.78, 5) is 6.79. The van der Waals surface area contributed by atoms with Gasteiger partial charge in [0, 0.05) is 44.1 Å². The topological polar surface area (TPSA) is 58.1 Å². The second-order valence-corrected chi connectivity index (χ2v) is 6.81. The predicted octanol–water partition coefficient (Wildman–Crippen LogP) is 3.61. The van der Waals surface area contributed by atoms with Crippen LogP contribution in [0.5, 0.6) is 11.5 Å². The van der Waals surface area contributed by atoms with Gasteiger partial charge in [0.1, 0.15) is 0 Å². The SMILES string of the molecule is CCOc1cc(NC(=NC)NCC2CCN(c3ccccc3)C2)ccc1OC. The van der Waals surface area contributed by atoms with E-state index in [1.165, 1.54) is 12.1 Å². The Balaban J connectivity index is 1.53. The van der Waals surface area contributed by atoms with Crippen molar-refractivity contribution in [3.63, 3.8) is 0 Å². The van der Waals surface area contributed by atoms with E-state index in [0.29, 0.717) is 12.5 Å². The second-order valence-electron chi connectivity index (χ2n) is 6.81. The molecule has 0 bridgehead atoms. The van der Waals surface area contributed by atoms with Gasteiger partial charge in [0.2, 0.25) is 0 Å². The van der Waals surface area contributed by atoms with Gasteiger partial charge in [0.05, 0.1) is 13.7 Å². The van der Waals surface area contributed by atoms with Crippen LogP contribution in [0.25, 0.3) is 0 Å². The number of hydrogen-bond acceptors (Lipinski definition) is 4. The lowest BCUT2D eigenvalue weighted by Crippen LogP contribution is -2.35. The number of hydrogen-bond donors (Lipinski definition) is 2. The maximum absolute atomic E-state index is 5.65. The van der Waals surface area contributed by atoms with Crippen molar-refractivity contribution < 1.29 is 9.47 Å². The molecule has 1 atom stereocenters. The van der Waals surface area contributed by atoms with Crippen LogP contribution in [0.1, 0.15) is 13.3 Å². The van der Waals surface area contributed by atoms with Gasteiger partial charge in [-0.2, -0.15) is 0 Å². The lowest BCUT2D eigenvalue weighted by atomic mass is 10.1. The van der Waals surface area contributed by atoms with E-state index in [0.717, 1.165) is 42.8 Å². The fourth-order valence-corrected chi connectivity index (χ4v) is 3.45. The minimum atomic E-state index is 0.590. The maximum Gasteiger partial charge on any atom is 0.195 e. The first-order valence-electron chi connectivity index (χ1n) is 9.82. The second kappa shape index (κ2) is 9.88. The Morgan fingerprint density at radius 3 is 2.71 bits per heavy atom. The molecule has 0 aromatic heterocycles. The molecule has 0 amide bonds. The minimum absolute atomic E-state index is 0.590. The fraction of sp³-hybridized carbons (Fsp3) is 0.409. The van der Waals surface area contributed by atoms with Crippen molar-refractivity contribution in [2.45, 2.75) is 13.3 Å². The van der Waals surface area contributed by atoms with E-state index in [4.69, 9.17) is 9.47 Å². The Hall–Kier alpha value is -2.89. The quantitative estimate of drug-likeness (QED) is 0.566. The zero-order valence-corrected chi connectivity index (χ0v) is 16.9. The Labute approximate surface area is 167 Å². The van der Waals surface area contributed by atoms with Gasteiger partial charge < -0.3 is 25.0 Å². The number of ether oxygens (including phenoxy) is 2. The van der Waals surface area contributed by atoms with E-state index in [1.807, 2.05) is 25.1 Å². The van der Waals surface area contributed by atoms with E-state index in [-0.39, 0.29) is 0 Å². The molecule has 0 radical (unpaired) electrons. The van der Waals surface area contributed by atoms with Crippen molar-refractivity contribution in [3.05, 3.63) is 48.5 Å². The molecule has 28 heavy (non-hydrogen) atoms. The van der Waals surface area contributed by atoms with Crippen LogP contribution >= 0.6 is 0 Å². The fourth-order valence-electron chi connectivity index (χ4n) is 3.45. The molecule has 2 aromatic rings. The first-order valence-corrected chi connectivity index (χ1v) is 9.82. The van der Waals surface area contributed by atoms with E-state index in [9.17, 15) is 0 Å². The smallest absolute Gasteiger partial charge is 0.195 e. The van der Waals surface area contributed by atoms with Crippen LogP contribution in [-0.4, -0.2) is 46.4 Å². The summed E-state index contributed by atoms with van der Waals surface area (Å²) in [5.41, 5.74) is 2.21. The van der Waals surface area contributed by atoms with E-state index in [2.05, 4.69) is 50.9 Å². The van der Waals surface area contributed by atoms with Crippen molar-refractivity contribution in [2.75, 3.05) is 50.6 Å². The summed E-state index contributed by atoms with van der Waals surface area (Å²) in [6.07, 6.45) is 1.18. The normalized spacial score (nSPS) is 16.8. The maximum atomic E-state index is 5.65.